The lowest BCUT2D eigenvalue weighted by atomic mass is 10.1. The van der Waals surface area contributed by atoms with E-state index in [0.29, 0.717) is 0 Å². The van der Waals surface area contributed by atoms with E-state index < -0.39 is 0 Å². The molecule has 0 atom stereocenters. The average molecular weight is 218 g/mol. The quantitative estimate of drug-likeness (QED) is 0.767. The summed E-state index contributed by atoms with van der Waals surface area (Å²) < 4.78 is 0. The molecule has 0 heterocycles. The first-order valence-corrected chi connectivity index (χ1v) is 5.74. The Labute approximate surface area is 94.9 Å². The molecule has 0 unspecified atom stereocenters. The van der Waals surface area contributed by atoms with Crippen LogP contribution in [0.15, 0.2) is 36.9 Å². The molecule has 2 heteroatoms. The maximum absolute atomic E-state index is 10.7. The molecule has 0 radical (unpaired) electrons. The van der Waals surface area contributed by atoms with Crippen molar-refractivity contribution >= 4 is 29.0 Å². The van der Waals surface area contributed by atoms with Crippen LogP contribution in [-0.2, 0) is 4.79 Å². The molecular formula is C13H14OS. The third-order valence-electron chi connectivity index (χ3n) is 1.90. The van der Waals surface area contributed by atoms with Crippen LogP contribution in [0.2, 0.25) is 0 Å². The van der Waals surface area contributed by atoms with E-state index >= 15 is 0 Å². The first-order valence-electron chi connectivity index (χ1n) is 4.75. The second-order valence-electron chi connectivity index (χ2n) is 3.04. The molecule has 0 aliphatic carbocycles. The van der Waals surface area contributed by atoms with Gasteiger partial charge in [-0.1, -0.05) is 60.8 Å². The highest BCUT2D eigenvalue weighted by molar-refractivity contribution is 8.13. The highest BCUT2D eigenvalue weighted by atomic mass is 32.2. The van der Waals surface area contributed by atoms with Crippen LogP contribution < -0.4 is 0 Å². The van der Waals surface area contributed by atoms with Gasteiger partial charge < -0.3 is 0 Å². The maximum atomic E-state index is 10.7. The van der Waals surface area contributed by atoms with Crippen LogP contribution in [0.4, 0.5) is 0 Å². The lowest BCUT2D eigenvalue weighted by Crippen LogP contribution is -1.82. The Balaban J connectivity index is 2.63. The Kier molecular flexibility index (Phi) is 4.91. The predicted octanol–water partition coefficient (Wildman–Crippen LogP) is 3.62. The molecule has 0 aromatic heterocycles. The molecule has 1 nitrogen and oxygen atoms in total. The summed E-state index contributed by atoms with van der Waals surface area (Å²) in [6.07, 6.45) is 5.85. The van der Waals surface area contributed by atoms with Gasteiger partial charge in [-0.25, -0.2) is 0 Å². The molecule has 0 N–H and O–H groups in total. The van der Waals surface area contributed by atoms with Gasteiger partial charge in [0, 0.05) is 12.7 Å². The average Bonchev–Trinajstić information content (AvgIpc) is 2.24. The molecule has 0 amide bonds. The Morgan fingerprint density at radius 3 is 2.67 bits per heavy atom. The van der Waals surface area contributed by atoms with Crippen molar-refractivity contribution in [1.29, 1.82) is 0 Å². The van der Waals surface area contributed by atoms with E-state index in [1.54, 1.807) is 6.92 Å². The number of hydrogen-bond acceptors (Lipinski definition) is 2. The summed E-state index contributed by atoms with van der Waals surface area (Å²) in [5.41, 5.74) is 2.25. The molecule has 1 aromatic rings. The fourth-order valence-electron chi connectivity index (χ4n) is 1.19. The molecule has 0 bridgehead atoms. The van der Waals surface area contributed by atoms with Crippen LogP contribution >= 0.6 is 11.8 Å². The minimum absolute atomic E-state index is 0.150. The summed E-state index contributed by atoms with van der Waals surface area (Å²) in [7, 11) is 0. The third-order valence-corrected chi connectivity index (χ3v) is 2.66. The van der Waals surface area contributed by atoms with Crippen LogP contribution in [0.1, 0.15) is 18.1 Å². The zero-order valence-electron chi connectivity index (χ0n) is 8.77. The first kappa shape index (κ1) is 11.8. The zero-order chi connectivity index (χ0) is 11.1. The maximum Gasteiger partial charge on any atom is 0.186 e. The van der Waals surface area contributed by atoms with Crippen LogP contribution in [0.25, 0.3) is 12.2 Å². The highest BCUT2D eigenvalue weighted by Crippen LogP contribution is 2.12. The Hall–Kier alpha value is -1.28. The summed E-state index contributed by atoms with van der Waals surface area (Å²) in [5, 5.41) is 0.150. The Bertz CT molecular complexity index is 380. The van der Waals surface area contributed by atoms with E-state index in [-0.39, 0.29) is 5.12 Å². The minimum atomic E-state index is 0.150. The molecule has 0 aliphatic heterocycles. The molecular weight excluding hydrogens is 204 g/mol. The van der Waals surface area contributed by atoms with Crippen molar-refractivity contribution in [3.63, 3.8) is 0 Å². The van der Waals surface area contributed by atoms with Crippen LogP contribution in [0.5, 0.6) is 0 Å². The summed E-state index contributed by atoms with van der Waals surface area (Å²) in [4.78, 5) is 10.7. The molecule has 78 valence electrons. The number of rotatable bonds is 4. The predicted molar refractivity (Wildman–Crippen MR) is 68.7 cm³/mol. The van der Waals surface area contributed by atoms with Gasteiger partial charge in [-0.05, 0) is 11.1 Å². The number of hydrogen-bond donors (Lipinski definition) is 0. The number of thioether (sulfide) groups is 1. The van der Waals surface area contributed by atoms with Gasteiger partial charge in [0.25, 0.3) is 0 Å². The Morgan fingerprint density at radius 2 is 2.07 bits per heavy atom. The fraction of sp³-hybridized carbons (Fsp3) is 0.154. The van der Waals surface area contributed by atoms with Gasteiger partial charge in [-0.15, -0.1) is 0 Å². The van der Waals surface area contributed by atoms with Gasteiger partial charge in [0.05, 0.1) is 0 Å². The number of carbonyl (C=O) groups excluding carboxylic acids is 1. The van der Waals surface area contributed by atoms with Crippen molar-refractivity contribution in [1.82, 2.24) is 0 Å². The smallest absolute Gasteiger partial charge is 0.186 e. The van der Waals surface area contributed by atoms with E-state index in [1.807, 2.05) is 42.5 Å². The molecule has 0 fully saturated rings. The van der Waals surface area contributed by atoms with Crippen molar-refractivity contribution in [3.05, 3.63) is 48.0 Å². The number of benzene rings is 1. The third kappa shape index (κ3) is 4.17. The van der Waals surface area contributed by atoms with Crippen molar-refractivity contribution in [2.45, 2.75) is 6.92 Å². The van der Waals surface area contributed by atoms with Crippen molar-refractivity contribution < 1.29 is 4.79 Å². The van der Waals surface area contributed by atoms with Gasteiger partial charge >= 0.3 is 0 Å². The number of carbonyl (C=O) groups is 1. The van der Waals surface area contributed by atoms with Crippen molar-refractivity contribution in [3.8, 4) is 0 Å². The van der Waals surface area contributed by atoms with E-state index in [4.69, 9.17) is 0 Å². The Morgan fingerprint density at radius 1 is 1.40 bits per heavy atom. The van der Waals surface area contributed by atoms with E-state index in [2.05, 4.69) is 6.58 Å². The van der Waals surface area contributed by atoms with Gasteiger partial charge in [0.1, 0.15) is 0 Å². The van der Waals surface area contributed by atoms with Gasteiger partial charge in [0.2, 0.25) is 0 Å². The topological polar surface area (TPSA) is 17.1 Å². The molecule has 1 rings (SSSR count). The van der Waals surface area contributed by atoms with Crippen LogP contribution in [-0.4, -0.2) is 10.9 Å². The largest absolute Gasteiger partial charge is 0.288 e. The van der Waals surface area contributed by atoms with Crippen molar-refractivity contribution in [2.24, 2.45) is 0 Å². The SMILES string of the molecule is C=Cc1ccccc1C=CCSC(C)=O. The minimum Gasteiger partial charge on any atom is -0.288 e. The van der Waals surface area contributed by atoms with Gasteiger partial charge in [-0.2, -0.15) is 0 Å². The summed E-state index contributed by atoms with van der Waals surface area (Å²) in [6.45, 7) is 5.33. The van der Waals surface area contributed by atoms with E-state index in [0.717, 1.165) is 16.9 Å². The first-order chi connectivity index (χ1) is 7.24. The van der Waals surface area contributed by atoms with Crippen molar-refractivity contribution in [2.75, 3.05) is 5.75 Å². The lowest BCUT2D eigenvalue weighted by molar-refractivity contribution is -0.109. The molecule has 0 saturated carbocycles. The molecule has 0 aliphatic rings. The normalized spacial score (nSPS) is 10.5. The highest BCUT2D eigenvalue weighted by Gasteiger charge is 1.93. The molecule has 0 saturated heterocycles. The van der Waals surface area contributed by atoms with Crippen LogP contribution in [0, 0.1) is 0 Å². The van der Waals surface area contributed by atoms with Gasteiger partial charge in [-0.3, -0.25) is 4.79 Å². The summed E-state index contributed by atoms with van der Waals surface area (Å²) in [6, 6.07) is 8.03. The monoisotopic (exact) mass is 218 g/mol. The lowest BCUT2D eigenvalue weighted by Gasteiger charge is -1.98. The molecule has 15 heavy (non-hydrogen) atoms. The van der Waals surface area contributed by atoms with E-state index in [1.165, 1.54) is 11.8 Å². The second kappa shape index (κ2) is 6.25. The molecule has 0 spiro atoms. The van der Waals surface area contributed by atoms with Crippen LogP contribution in [0.3, 0.4) is 0 Å². The fourth-order valence-corrected chi connectivity index (χ4v) is 1.62. The summed E-state index contributed by atoms with van der Waals surface area (Å²) in [5.74, 6) is 0.723. The summed E-state index contributed by atoms with van der Waals surface area (Å²) >= 11 is 1.31. The molecule has 1 aromatic carbocycles. The zero-order valence-corrected chi connectivity index (χ0v) is 9.59. The standard InChI is InChI=1S/C13H14OS/c1-3-12-7-4-5-8-13(12)9-6-10-15-11(2)14/h3-9H,1,10H2,2H3. The second-order valence-corrected chi connectivity index (χ2v) is 4.23. The van der Waals surface area contributed by atoms with Gasteiger partial charge in [0.15, 0.2) is 5.12 Å². The van der Waals surface area contributed by atoms with E-state index in [9.17, 15) is 4.79 Å².